The fourth-order valence-electron chi connectivity index (χ4n) is 1.49. The second-order valence-electron chi connectivity index (χ2n) is 4.31. The lowest BCUT2D eigenvalue weighted by atomic mass is 10.1. The highest BCUT2D eigenvalue weighted by molar-refractivity contribution is 5.52. The molecular weight excluding hydrogens is 219 g/mol. The molecule has 2 aromatic rings. The summed E-state index contributed by atoms with van der Waals surface area (Å²) in [6.07, 6.45) is 2.84. The zero-order chi connectivity index (χ0) is 12.4. The Morgan fingerprint density at radius 1 is 1.24 bits per heavy atom. The summed E-state index contributed by atoms with van der Waals surface area (Å²) in [4.78, 5) is 11.3. The second kappa shape index (κ2) is 4.63. The number of halogens is 1. The van der Waals surface area contributed by atoms with Gasteiger partial charge < -0.3 is 10.7 Å². The molecule has 5 heteroatoms. The van der Waals surface area contributed by atoms with Gasteiger partial charge in [-0.25, -0.2) is 9.37 Å². The first kappa shape index (κ1) is 11.7. The minimum absolute atomic E-state index is 0.135. The van der Waals surface area contributed by atoms with Crippen molar-refractivity contribution in [3.8, 4) is 11.4 Å². The van der Waals surface area contributed by atoms with Crippen LogP contribution in [0.5, 0.6) is 0 Å². The van der Waals surface area contributed by atoms with E-state index in [0.717, 1.165) is 11.5 Å². The smallest absolute Gasteiger partial charge is 0.141 e. The van der Waals surface area contributed by atoms with Gasteiger partial charge in [0.05, 0.1) is 29.8 Å². The average Bonchev–Trinajstić information content (AvgIpc) is 2.78. The maximum absolute atomic E-state index is 12.7. The molecule has 0 spiro atoms. The summed E-state index contributed by atoms with van der Waals surface area (Å²) < 4.78 is 12.7. The molecule has 0 aliphatic rings. The van der Waals surface area contributed by atoms with Crippen molar-refractivity contribution < 1.29 is 4.39 Å². The molecule has 0 amide bonds. The predicted molar refractivity (Wildman–Crippen MR) is 63.5 cm³/mol. The van der Waals surface area contributed by atoms with Crippen LogP contribution in [-0.2, 0) is 0 Å². The van der Waals surface area contributed by atoms with Crippen LogP contribution in [0.25, 0.3) is 11.4 Å². The van der Waals surface area contributed by atoms with E-state index in [1.165, 1.54) is 12.3 Å². The molecule has 0 radical (unpaired) electrons. The topological polar surface area (TPSA) is 67.6 Å². The molecule has 2 aromatic heterocycles. The lowest BCUT2D eigenvalue weighted by Gasteiger charge is -2.11. The number of H-pyrrole nitrogens is 1. The standard InChI is InChI=1S/C12H15FN4/c1-7(2)11(14)12-16-6-10(17-12)9-4-3-8(13)5-15-9/h3-7,11H,14H2,1-2H3,(H,16,17). The zero-order valence-corrected chi connectivity index (χ0v) is 9.81. The van der Waals surface area contributed by atoms with E-state index in [1.807, 2.05) is 13.8 Å². The molecule has 2 heterocycles. The number of nitrogens with two attached hydrogens (primary N) is 1. The Morgan fingerprint density at radius 2 is 2.00 bits per heavy atom. The molecule has 3 N–H and O–H groups in total. The van der Waals surface area contributed by atoms with Crippen LogP contribution in [0.3, 0.4) is 0 Å². The van der Waals surface area contributed by atoms with Crippen molar-refractivity contribution in [2.45, 2.75) is 19.9 Å². The predicted octanol–water partition coefficient (Wildman–Crippen LogP) is 2.27. The van der Waals surface area contributed by atoms with E-state index in [9.17, 15) is 4.39 Å². The lowest BCUT2D eigenvalue weighted by Crippen LogP contribution is -2.18. The Bertz CT molecular complexity index is 489. The van der Waals surface area contributed by atoms with Gasteiger partial charge in [0, 0.05) is 0 Å². The quantitative estimate of drug-likeness (QED) is 0.856. The van der Waals surface area contributed by atoms with Gasteiger partial charge in [0.1, 0.15) is 11.6 Å². The molecule has 17 heavy (non-hydrogen) atoms. The van der Waals surface area contributed by atoms with E-state index in [4.69, 9.17) is 5.73 Å². The van der Waals surface area contributed by atoms with E-state index < -0.39 is 0 Å². The first-order chi connectivity index (χ1) is 8.08. The largest absolute Gasteiger partial charge is 0.339 e. The van der Waals surface area contributed by atoms with E-state index in [1.54, 1.807) is 12.3 Å². The van der Waals surface area contributed by atoms with Crippen LogP contribution in [0, 0.1) is 11.7 Å². The van der Waals surface area contributed by atoms with Crippen LogP contribution < -0.4 is 5.73 Å². The van der Waals surface area contributed by atoms with E-state index in [-0.39, 0.29) is 11.9 Å². The van der Waals surface area contributed by atoms with Gasteiger partial charge in [0.25, 0.3) is 0 Å². The minimum Gasteiger partial charge on any atom is -0.339 e. The van der Waals surface area contributed by atoms with Gasteiger partial charge >= 0.3 is 0 Å². The molecule has 0 saturated heterocycles. The highest BCUT2D eigenvalue weighted by Crippen LogP contribution is 2.20. The number of imidazole rings is 1. The second-order valence-corrected chi connectivity index (χ2v) is 4.31. The van der Waals surface area contributed by atoms with Crippen molar-refractivity contribution in [1.82, 2.24) is 15.0 Å². The van der Waals surface area contributed by atoms with Crippen LogP contribution in [0.1, 0.15) is 25.7 Å². The van der Waals surface area contributed by atoms with Gasteiger partial charge in [-0.3, -0.25) is 4.98 Å². The maximum atomic E-state index is 12.7. The molecule has 0 bridgehead atoms. The molecule has 1 unspecified atom stereocenters. The summed E-state index contributed by atoms with van der Waals surface area (Å²) >= 11 is 0. The number of nitrogens with one attached hydrogen (secondary N) is 1. The van der Waals surface area contributed by atoms with Crippen molar-refractivity contribution >= 4 is 0 Å². The highest BCUT2D eigenvalue weighted by Gasteiger charge is 2.14. The number of pyridine rings is 1. The Balaban J connectivity index is 2.26. The van der Waals surface area contributed by atoms with Gasteiger partial charge in [-0.2, -0.15) is 0 Å². The summed E-state index contributed by atoms with van der Waals surface area (Å²) in [5.41, 5.74) is 7.38. The van der Waals surface area contributed by atoms with Gasteiger partial charge in [-0.1, -0.05) is 13.8 Å². The molecule has 4 nitrogen and oxygen atoms in total. The number of nitrogens with zero attached hydrogens (tertiary/aromatic N) is 2. The molecule has 90 valence electrons. The van der Waals surface area contributed by atoms with Crippen LogP contribution in [0.4, 0.5) is 4.39 Å². The van der Waals surface area contributed by atoms with Gasteiger partial charge in [-0.05, 0) is 18.1 Å². The van der Waals surface area contributed by atoms with Crippen molar-refractivity contribution in [3.63, 3.8) is 0 Å². The van der Waals surface area contributed by atoms with Crippen LogP contribution in [-0.4, -0.2) is 15.0 Å². The van der Waals surface area contributed by atoms with Crippen molar-refractivity contribution in [2.75, 3.05) is 0 Å². The molecule has 0 aliphatic heterocycles. The van der Waals surface area contributed by atoms with Crippen LogP contribution in [0.15, 0.2) is 24.5 Å². The number of rotatable bonds is 3. The van der Waals surface area contributed by atoms with E-state index >= 15 is 0 Å². The molecule has 0 saturated carbocycles. The summed E-state index contributed by atoms with van der Waals surface area (Å²) in [6, 6.07) is 2.84. The molecule has 1 atom stereocenters. The monoisotopic (exact) mass is 234 g/mol. The minimum atomic E-state index is -0.354. The fourth-order valence-corrected chi connectivity index (χ4v) is 1.49. The van der Waals surface area contributed by atoms with E-state index in [2.05, 4.69) is 15.0 Å². The van der Waals surface area contributed by atoms with Crippen LogP contribution in [0.2, 0.25) is 0 Å². The molecular formula is C12H15FN4. The maximum Gasteiger partial charge on any atom is 0.141 e. The molecule has 0 fully saturated rings. The Kier molecular flexibility index (Phi) is 3.19. The van der Waals surface area contributed by atoms with Crippen molar-refractivity contribution in [3.05, 3.63) is 36.2 Å². The first-order valence-electron chi connectivity index (χ1n) is 5.50. The summed E-state index contributed by atoms with van der Waals surface area (Å²) in [5, 5.41) is 0. The first-order valence-corrected chi connectivity index (χ1v) is 5.50. The lowest BCUT2D eigenvalue weighted by molar-refractivity contribution is 0.494. The Labute approximate surface area is 99.1 Å². The molecule has 0 aromatic carbocycles. The summed E-state index contributed by atoms with van der Waals surface area (Å²) in [5.74, 6) is 0.670. The van der Waals surface area contributed by atoms with Gasteiger partial charge in [-0.15, -0.1) is 0 Å². The number of aromatic amines is 1. The third-order valence-electron chi connectivity index (χ3n) is 2.63. The summed E-state index contributed by atoms with van der Waals surface area (Å²) in [6.45, 7) is 4.06. The van der Waals surface area contributed by atoms with Gasteiger partial charge in [0.2, 0.25) is 0 Å². The fraction of sp³-hybridized carbons (Fsp3) is 0.333. The molecule has 2 rings (SSSR count). The average molecular weight is 234 g/mol. The zero-order valence-electron chi connectivity index (χ0n) is 9.81. The number of hydrogen-bond acceptors (Lipinski definition) is 3. The third-order valence-corrected chi connectivity index (χ3v) is 2.63. The number of hydrogen-bond donors (Lipinski definition) is 2. The number of aromatic nitrogens is 3. The highest BCUT2D eigenvalue weighted by atomic mass is 19.1. The van der Waals surface area contributed by atoms with Gasteiger partial charge in [0.15, 0.2) is 0 Å². The van der Waals surface area contributed by atoms with E-state index in [0.29, 0.717) is 11.6 Å². The Morgan fingerprint density at radius 3 is 2.59 bits per heavy atom. The van der Waals surface area contributed by atoms with Crippen LogP contribution >= 0.6 is 0 Å². The summed E-state index contributed by atoms with van der Waals surface area (Å²) in [7, 11) is 0. The normalized spacial score (nSPS) is 13.0. The molecule has 0 aliphatic carbocycles. The van der Waals surface area contributed by atoms with Crippen molar-refractivity contribution in [1.29, 1.82) is 0 Å². The SMILES string of the molecule is CC(C)C(N)c1ncc(-c2ccc(F)cn2)[nH]1. The Hall–Kier alpha value is -1.75. The third kappa shape index (κ3) is 2.50. The van der Waals surface area contributed by atoms with Crippen molar-refractivity contribution in [2.24, 2.45) is 11.7 Å².